The number of carbonyl (C=O) groups is 1. The molecule has 2 aromatic heterocycles. The largest absolute Gasteiger partial charge is 0.379 e. The maximum Gasteiger partial charge on any atom is 0.221 e. The second-order valence-corrected chi connectivity index (χ2v) is 7.54. The third-order valence-corrected chi connectivity index (χ3v) is 5.56. The number of fused-ring (bicyclic) bond motifs is 1. The van der Waals surface area contributed by atoms with E-state index < -0.39 is 0 Å². The first-order chi connectivity index (χ1) is 14.2. The van der Waals surface area contributed by atoms with Gasteiger partial charge < -0.3 is 14.5 Å². The number of hydrogen-bond acceptors (Lipinski definition) is 4. The molecular formula is C23H28N4O2. The van der Waals surface area contributed by atoms with Crippen LogP contribution in [0.2, 0.25) is 0 Å². The van der Waals surface area contributed by atoms with Crippen molar-refractivity contribution >= 4 is 11.6 Å². The molecule has 1 aliphatic rings. The lowest BCUT2D eigenvalue weighted by Gasteiger charge is -2.26. The molecule has 29 heavy (non-hydrogen) atoms. The molecule has 0 aliphatic carbocycles. The number of carbonyl (C=O) groups excluding carboxylic acids is 1. The number of nitrogens with zero attached hydrogens (tertiary/aromatic N) is 3. The summed E-state index contributed by atoms with van der Waals surface area (Å²) in [6.07, 6.45) is 4.33. The lowest BCUT2D eigenvalue weighted by atomic mass is 9.92. The van der Waals surface area contributed by atoms with Crippen LogP contribution in [0.4, 0.5) is 0 Å². The molecule has 3 aromatic rings. The molecule has 1 N–H and O–H groups in total. The van der Waals surface area contributed by atoms with E-state index in [2.05, 4.69) is 44.7 Å². The molecular weight excluding hydrogens is 364 g/mol. The van der Waals surface area contributed by atoms with Gasteiger partial charge in [0.1, 0.15) is 5.65 Å². The Kier molecular flexibility index (Phi) is 6.22. The van der Waals surface area contributed by atoms with E-state index in [1.54, 1.807) is 0 Å². The Hall–Kier alpha value is -2.70. The SMILES string of the molecule is Cc1cccn2c(C(CC(=O)NCCN3CCOCC3)c3ccccc3)cnc12. The molecule has 1 amide bonds. The predicted octanol–water partition coefficient (Wildman–Crippen LogP) is 2.61. The van der Waals surface area contributed by atoms with Gasteiger partial charge in [-0.25, -0.2) is 4.98 Å². The second-order valence-electron chi connectivity index (χ2n) is 7.54. The summed E-state index contributed by atoms with van der Waals surface area (Å²) < 4.78 is 7.48. The molecule has 1 unspecified atom stereocenters. The summed E-state index contributed by atoms with van der Waals surface area (Å²) in [6, 6.07) is 14.3. The molecule has 0 saturated carbocycles. The summed E-state index contributed by atoms with van der Waals surface area (Å²) in [4.78, 5) is 19.7. The Morgan fingerprint density at radius 3 is 2.76 bits per heavy atom. The average molecular weight is 393 g/mol. The van der Waals surface area contributed by atoms with Gasteiger partial charge in [0.05, 0.1) is 18.9 Å². The molecule has 6 heteroatoms. The van der Waals surface area contributed by atoms with Gasteiger partial charge >= 0.3 is 0 Å². The normalized spacial score (nSPS) is 16.0. The van der Waals surface area contributed by atoms with Crippen LogP contribution in [0.3, 0.4) is 0 Å². The summed E-state index contributed by atoms with van der Waals surface area (Å²) in [5, 5.41) is 3.10. The quantitative estimate of drug-likeness (QED) is 0.672. The van der Waals surface area contributed by atoms with Crippen LogP contribution in [0.25, 0.3) is 5.65 Å². The Morgan fingerprint density at radius 2 is 1.97 bits per heavy atom. The van der Waals surface area contributed by atoms with E-state index in [0.717, 1.165) is 55.3 Å². The first-order valence-electron chi connectivity index (χ1n) is 10.3. The number of pyridine rings is 1. The highest BCUT2D eigenvalue weighted by molar-refractivity contribution is 5.77. The number of nitrogens with one attached hydrogen (secondary N) is 1. The third kappa shape index (κ3) is 4.66. The van der Waals surface area contributed by atoms with E-state index >= 15 is 0 Å². The number of ether oxygens (including phenoxy) is 1. The second kappa shape index (κ2) is 9.20. The van der Waals surface area contributed by atoms with Gasteiger partial charge in [0.25, 0.3) is 0 Å². The summed E-state index contributed by atoms with van der Waals surface area (Å²) in [5.41, 5.74) is 4.23. The van der Waals surface area contributed by atoms with Crippen molar-refractivity contribution in [1.82, 2.24) is 19.6 Å². The van der Waals surface area contributed by atoms with Gasteiger partial charge in [0, 0.05) is 50.9 Å². The van der Waals surface area contributed by atoms with Crippen molar-refractivity contribution in [3.05, 3.63) is 71.7 Å². The van der Waals surface area contributed by atoms with Crippen LogP contribution in [-0.4, -0.2) is 59.6 Å². The molecule has 1 aromatic carbocycles. The van der Waals surface area contributed by atoms with Gasteiger partial charge in [-0.15, -0.1) is 0 Å². The molecule has 6 nitrogen and oxygen atoms in total. The number of rotatable bonds is 7. The third-order valence-electron chi connectivity index (χ3n) is 5.56. The van der Waals surface area contributed by atoms with Gasteiger partial charge in [-0.05, 0) is 24.1 Å². The van der Waals surface area contributed by atoms with E-state index in [-0.39, 0.29) is 11.8 Å². The highest BCUT2D eigenvalue weighted by Crippen LogP contribution is 2.29. The number of imidazole rings is 1. The van der Waals surface area contributed by atoms with Crippen molar-refractivity contribution in [2.75, 3.05) is 39.4 Å². The highest BCUT2D eigenvalue weighted by Gasteiger charge is 2.22. The first-order valence-corrected chi connectivity index (χ1v) is 10.3. The zero-order chi connectivity index (χ0) is 20.1. The maximum atomic E-state index is 12.8. The molecule has 1 fully saturated rings. The van der Waals surface area contributed by atoms with Crippen molar-refractivity contribution in [2.24, 2.45) is 0 Å². The molecule has 0 bridgehead atoms. The fourth-order valence-electron chi connectivity index (χ4n) is 3.94. The van der Waals surface area contributed by atoms with Crippen LogP contribution in [0, 0.1) is 6.92 Å². The number of amides is 1. The average Bonchev–Trinajstić information content (AvgIpc) is 3.19. The molecule has 1 aliphatic heterocycles. The van der Waals surface area contributed by atoms with E-state index in [0.29, 0.717) is 13.0 Å². The molecule has 3 heterocycles. The minimum absolute atomic E-state index is 0.0450. The van der Waals surface area contributed by atoms with Crippen LogP contribution in [0.1, 0.15) is 29.2 Å². The smallest absolute Gasteiger partial charge is 0.221 e. The Bertz CT molecular complexity index is 948. The Labute approximate surface area is 171 Å². The lowest BCUT2D eigenvalue weighted by Crippen LogP contribution is -2.41. The van der Waals surface area contributed by atoms with E-state index in [1.165, 1.54) is 0 Å². The zero-order valence-electron chi connectivity index (χ0n) is 16.9. The molecule has 4 rings (SSSR count). The van der Waals surface area contributed by atoms with Crippen molar-refractivity contribution < 1.29 is 9.53 Å². The standard InChI is InChI=1S/C23H28N4O2/c1-18-6-5-10-27-21(17-25-23(18)27)20(19-7-3-2-4-8-19)16-22(28)24-9-11-26-12-14-29-15-13-26/h2-8,10,17,20H,9,11-16H2,1H3,(H,24,28). The zero-order valence-corrected chi connectivity index (χ0v) is 16.9. The van der Waals surface area contributed by atoms with Crippen LogP contribution in [0.5, 0.6) is 0 Å². The summed E-state index contributed by atoms with van der Waals surface area (Å²) in [7, 11) is 0. The molecule has 1 saturated heterocycles. The molecule has 1 atom stereocenters. The Balaban J connectivity index is 1.49. The fourth-order valence-corrected chi connectivity index (χ4v) is 3.94. The van der Waals surface area contributed by atoms with Gasteiger partial charge in [0.2, 0.25) is 5.91 Å². The first kappa shape index (κ1) is 19.6. The molecule has 152 valence electrons. The highest BCUT2D eigenvalue weighted by atomic mass is 16.5. The number of aryl methyl sites for hydroxylation is 1. The van der Waals surface area contributed by atoms with Crippen LogP contribution < -0.4 is 5.32 Å². The van der Waals surface area contributed by atoms with Gasteiger partial charge in [-0.3, -0.25) is 9.69 Å². The number of benzene rings is 1. The molecule has 0 radical (unpaired) electrons. The van der Waals surface area contributed by atoms with Crippen molar-refractivity contribution in [3.8, 4) is 0 Å². The lowest BCUT2D eigenvalue weighted by molar-refractivity contribution is -0.121. The van der Waals surface area contributed by atoms with Gasteiger partial charge in [-0.1, -0.05) is 36.4 Å². The summed E-state index contributed by atoms with van der Waals surface area (Å²) >= 11 is 0. The Morgan fingerprint density at radius 1 is 1.17 bits per heavy atom. The van der Waals surface area contributed by atoms with Crippen LogP contribution in [-0.2, 0) is 9.53 Å². The van der Waals surface area contributed by atoms with Crippen LogP contribution in [0.15, 0.2) is 54.9 Å². The van der Waals surface area contributed by atoms with E-state index in [1.807, 2.05) is 36.7 Å². The minimum atomic E-state index is -0.0450. The summed E-state index contributed by atoms with van der Waals surface area (Å²) in [5.74, 6) is 0.0195. The van der Waals surface area contributed by atoms with Crippen molar-refractivity contribution in [2.45, 2.75) is 19.3 Å². The van der Waals surface area contributed by atoms with Crippen molar-refractivity contribution in [3.63, 3.8) is 0 Å². The maximum absolute atomic E-state index is 12.8. The van der Waals surface area contributed by atoms with Gasteiger partial charge in [0.15, 0.2) is 0 Å². The van der Waals surface area contributed by atoms with E-state index in [9.17, 15) is 4.79 Å². The van der Waals surface area contributed by atoms with Crippen molar-refractivity contribution in [1.29, 1.82) is 0 Å². The summed E-state index contributed by atoms with van der Waals surface area (Å²) in [6.45, 7) is 7.00. The number of morpholine rings is 1. The number of aromatic nitrogens is 2. The fraction of sp³-hybridized carbons (Fsp3) is 0.391. The number of hydrogen-bond donors (Lipinski definition) is 1. The predicted molar refractivity (Wildman–Crippen MR) is 113 cm³/mol. The molecule has 0 spiro atoms. The topological polar surface area (TPSA) is 58.9 Å². The monoisotopic (exact) mass is 392 g/mol. The van der Waals surface area contributed by atoms with Crippen LogP contribution >= 0.6 is 0 Å². The van der Waals surface area contributed by atoms with Gasteiger partial charge in [-0.2, -0.15) is 0 Å². The van der Waals surface area contributed by atoms with E-state index in [4.69, 9.17) is 4.74 Å². The minimum Gasteiger partial charge on any atom is -0.379 e.